The van der Waals surface area contributed by atoms with Gasteiger partial charge in [0.15, 0.2) is 21.3 Å². The van der Waals surface area contributed by atoms with Gasteiger partial charge in [-0.15, -0.1) is 0 Å². The predicted molar refractivity (Wildman–Crippen MR) is 117 cm³/mol. The van der Waals surface area contributed by atoms with Crippen molar-refractivity contribution in [2.24, 2.45) is 0 Å². The smallest absolute Gasteiger partial charge is 0.241 e. The number of carbonyl (C=O) groups is 1. The normalized spacial score (nSPS) is 24.6. The van der Waals surface area contributed by atoms with E-state index in [1.54, 1.807) is 4.90 Å². The van der Waals surface area contributed by atoms with Crippen LogP contribution in [-0.4, -0.2) is 56.2 Å². The summed E-state index contributed by atoms with van der Waals surface area (Å²) in [6, 6.07) is 13.0. The number of piperazine rings is 1. The first-order chi connectivity index (χ1) is 14.8. The second kappa shape index (κ2) is 7.53. The highest BCUT2D eigenvalue weighted by Crippen LogP contribution is 2.36. The van der Waals surface area contributed by atoms with Gasteiger partial charge in [0, 0.05) is 18.3 Å². The number of carbonyl (C=O) groups excluding carboxylic acids is 1. The van der Waals surface area contributed by atoms with Gasteiger partial charge in [0.05, 0.1) is 24.1 Å². The highest BCUT2D eigenvalue weighted by Gasteiger charge is 2.49. The largest absolute Gasteiger partial charge is 0.454 e. The summed E-state index contributed by atoms with van der Waals surface area (Å²) in [5, 5.41) is 0. The average molecular weight is 443 g/mol. The lowest BCUT2D eigenvalue weighted by Gasteiger charge is -2.43. The van der Waals surface area contributed by atoms with E-state index in [2.05, 4.69) is 13.8 Å². The van der Waals surface area contributed by atoms with Crippen molar-refractivity contribution in [3.63, 3.8) is 0 Å². The molecule has 3 aliphatic heterocycles. The third kappa shape index (κ3) is 3.78. The Labute approximate surface area is 182 Å². The molecular weight excluding hydrogens is 416 g/mol. The molecule has 164 valence electrons. The molecule has 5 rings (SSSR count). The third-order valence-electron chi connectivity index (χ3n) is 6.36. The van der Waals surface area contributed by atoms with Gasteiger partial charge in [-0.1, -0.05) is 32.0 Å². The van der Waals surface area contributed by atoms with Crippen LogP contribution < -0.4 is 14.4 Å². The van der Waals surface area contributed by atoms with Crippen molar-refractivity contribution in [2.45, 2.75) is 38.4 Å². The molecular formula is C23H26N2O5S. The number of fused-ring (bicyclic) bond motifs is 2. The number of anilines is 1. The Balaban J connectivity index is 1.43. The second-order valence-electron chi connectivity index (χ2n) is 8.81. The Morgan fingerprint density at radius 3 is 2.45 bits per heavy atom. The van der Waals surface area contributed by atoms with Crippen LogP contribution in [0.2, 0.25) is 0 Å². The number of nitrogens with zero attached hydrogens (tertiary/aromatic N) is 2. The van der Waals surface area contributed by atoms with Crippen LogP contribution in [0.1, 0.15) is 30.9 Å². The molecule has 31 heavy (non-hydrogen) atoms. The molecule has 2 unspecified atom stereocenters. The average Bonchev–Trinajstić information content (AvgIpc) is 3.31. The Hall–Kier alpha value is -2.58. The summed E-state index contributed by atoms with van der Waals surface area (Å²) in [6.45, 7) is 5.11. The fraction of sp³-hybridized carbons (Fsp3) is 0.435. The summed E-state index contributed by atoms with van der Waals surface area (Å²) in [4.78, 5) is 16.9. The molecule has 2 aromatic rings. The molecule has 0 N–H and O–H groups in total. The molecule has 0 aromatic heterocycles. The van der Waals surface area contributed by atoms with E-state index in [0.717, 1.165) is 11.3 Å². The summed E-state index contributed by atoms with van der Waals surface area (Å²) < 4.78 is 36.0. The van der Waals surface area contributed by atoms with Crippen LogP contribution in [0.4, 0.5) is 5.69 Å². The van der Waals surface area contributed by atoms with Crippen molar-refractivity contribution in [2.75, 3.05) is 29.7 Å². The molecule has 0 bridgehead atoms. The van der Waals surface area contributed by atoms with E-state index in [4.69, 9.17) is 9.47 Å². The van der Waals surface area contributed by atoms with Gasteiger partial charge in [0.1, 0.15) is 0 Å². The summed E-state index contributed by atoms with van der Waals surface area (Å²) in [7, 11) is -3.23. The van der Waals surface area contributed by atoms with Gasteiger partial charge in [0.25, 0.3) is 0 Å². The standard InChI is InChI=1S/C23H26N2O5S/c1-15(2)17-4-6-18(7-5-17)25-20-13-31(27,28)12-19(20)24(11-23(25)26)10-16-3-8-21-22(9-16)30-14-29-21/h3-9,15,19-20H,10-14H2,1-2H3. The van der Waals surface area contributed by atoms with Gasteiger partial charge in [0.2, 0.25) is 12.7 Å². The lowest BCUT2D eigenvalue weighted by Crippen LogP contribution is -2.61. The highest BCUT2D eigenvalue weighted by atomic mass is 32.2. The van der Waals surface area contributed by atoms with Gasteiger partial charge in [-0.05, 0) is 41.3 Å². The van der Waals surface area contributed by atoms with E-state index in [-0.39, 0.29) is 42.8 Å². The Morgan fingerprint density at radius 2 is 1.71 bits per heavy atom. The van der Waals surface area contributed by atoms with Crippen LogP contribution in [0.25, 0.3) is 0 Å². The number of rotatable bonds is 4. The Kier molecular flexibility index (Phi) is 4.94. The van der Waals surface area contributed by atoms with Crippen molar-refractivity contribution in [3.8, 4) is 11.5 Å². The van der Waals surface area contributed by atoms with Crippen LogP contribution in [-0.2, 0) is 21.2 Å². The number of hydrogen-bond acceptors (Lipinski definition) is 6. The van der Waals surface area contributed by atoms with E-state index in [1.807, 2.05) is 47.4 Å². The monoisotopic (exact) mass is 442 g/mol. The lowest BCUT2D eigenvalue weighted by molar-refractivity contribution is -0.123. The summed E-state index contributed by atoms with van der Waals surface area (Å²) >= 11 is 0. The van der Waals surface area contributed by atoms with Gasteiger partial charge in [-0.3, -0.25) is 9.69 Å². The first-order valence-electron chi connectivity index (χ1n) is 10.6. The van der Waals surface area contributed by atoms with Crippen LogP contribution in [0.3, 0.4) is 0 Å². The molecule has 2 saturated heterocycles. The Morgan fingerprint density at radius 1 is 1.00 bits per heavy atom. The number of sulfone groups is 1. The fourth-order valence-electron chi connectivity index (χ4n) is 4.76. The van der Waals surface area contributed by atoms with Crippen LogP contribution in [0.5, 0.6) is 11.5 Å². The fourth-order valence-corrected chi connectivity index (χ4v) is 6.74. The van der Waals surface area contributed by atoms with E-state index in [9.17, 15) is 13.2 Å². The predicted octanol–water partition coefficient (Wildman–Crippen LogP) is 2.55. The maximum absolute atomic E-state index is 13.2. The molecule has 8 heteroatoms. The molecule has 0 spiro atoms. The summed E-state index contributed by atoms with van der Waals surface area (Å²) in [5.41, 5.74) is 2.92. The first-order valence-corrected chi connectivity index (χ1v) is 12.4. The van der Waals surface area contributed by atoms with Crippen molar-refractivity contribution in [1.29, 1.82) is 0 Å². The van der Waals surface area contributed by atoms with Gasteiger partial charge in [-0.25, -0.2) is 8.42 Å². The summed E-state index contributed by atoms with van der Waals surface area (Å²) in [5.74, 6) is 1.77. The Bertz CT molecular complexity index is 1110. The van der Waals surface area contributed by atoms with Gasteiger partial charge in [-0.2, -0.15) is 0 Å². The van der Waals surface area contributed by atoms with Crippen LogP contribution in [0.15, 0.2) is 42.5 Å². The minimum atomic E-state index is -3.23. The van der Waals surface area contributed by atoms with Gasteiger partial charge < -0.3 is 14.4 Å². The molecule has 0 saturated carbocycles. The maximum atomic E-state index is 13.2. The van der Waals surface area contributed by atoms with E-state index >= 15 is 0 Å². The molecule has 2 atom stereocenters. The number of ether oxygens (including phenoxy) is 2. The van der Waals surface area contributed by atoms with Gasteiger partial charge >= 0.3 is 0 Å². The molecule has 3 heterocycles. The number of hydrogen-bond donors (Lipinski definition) is 0. The zero-order valence-electron chi connectivity index (χ0n) is 17.7. The van der Waals surface area contributed by atoms with Crippen molar-refractivity contribution in [3.05, 3.63) is 53.6 Å². The topological polar surface area (TPSA) is 76.2 Å². The quantitative estimate of drug-likeness (QED) is 0.724. The van der Waals surface area contributed by atoms with E-state index in [1.165, 1.54) is 5.56 Å². The number of amides is 1. The zero-order valence-corrected chi connectivity index (χ0v) is 18.5. The lowest BCUT2D eigenvalue weighted by atomic mass is 9.99. The second-order valence-corrected chi connectivity index (χ2v) is 11.0. The summed E-state index contributed by atoms with van der Waals surface area (Å²) in [6.07, 6.45) is 0. The maximum Gasteiger partial charge on any atom is 0.241 e. The molecule has 0 aliphatic carbocycles. The molecule has 1 amide bonds. The first kappa shape index (κ1) is 20.3. The SMILES string of the molecule is CC(C)c1ccc(N2C(=O)CN(Cc3ccc4c(c3)OCO4)C3CS(=O)(=O)CC32)cc1. The van der Waals surface area contributed by atoms with Crippen LogP contribution in [0, 0.1) is 0 Å². The third-order valence-corrected chi connectivity index (χ3v) is 8.06. The minimum Gasteiger partial charge on any atom is -0.454 e. The van der Waals surface area contributed by atoms with Crippen LogP contribution >= 0.6 is 0 Å². The molecule has 2 aromatic carbocycles. The number of benzene rings is 2. The van der Waals surface area contributed by atoms with E-state index < -0.39 is 9.84 Å². The van der Waals surface area contributed by atoms with Crippen molar-refractivity contribution >= 4 is 21.4 Å². The molecule has 3 aliphatic rings. The molecule has 2 fully saturated rings. The minimum absolute atomic E-state index is 0.00697. The van der Waals surface area contributed by atoms with Crippen molar-refractivity contribution < 1.29 is 22.7 Å². The zero-order chi connectivity index (χ0) is 21.8. The molecule has 7 nitrogen and oxygen atoms in total. The highest BCUT2D eigenvalue weighted by molar-refractivity contribution is 7.91. The van der Waals surface area contributed by atoms with Crippen molar-refractivity contribution in [1.82, 2.24) is 4.90 Å². The molecule has 0 radical (unpaired) electrons. The van der Waals surface area contributed by atoms with E-state index in [0.29, 0.717) is 24.0 Å².